The van der Waals surface area contributed by atoms with E-state index in [0.717, 1.165) is 0 Å². The van der Waals surface area contributed by atoms with E-state index < -0.39 is 29.9 Å². The minimum atomic E-state index is -5.25. The average molecular weight is 449 g/mol. The van der Waals surface area contributed by atoms with E-state index in [9.17, 15) is 27.9 Å². The Morgan fingerprint density at radius 3 is 2.47 bits per heavy atom. The second-order valence-electron chi connectivity index (χ2n) is 7.43. The molecule has 7 nitrogen and oxygen atoms in total. The molecule has 1 aromatic heterocycles. The fourth-order valence-corrected chi connectivity index (χ4v) is 3.39. The normalized spacial score (nSPS) is 13.6. The minimum absolute atomic E-state index is 0.0281. The Morgan fingerprint density at radius 1 is 1.16 bits per heavy atom. The van der Waals surface area contributed by atoms with Crippen LogP contribution < -0.4 is 15.8 Å². The number of amides is 1. The molecule has 1 atom stereocenters. The van der Waals surface area contributed by atoms with E-state index in [0.29, 0.717) is 22.3 Å². The molecule has 0 aliphatic rings. The maximum Gasteiger partial charge on any atom is 0.428 e. The zero-order chi connectivity index (χ0) is 23.7. The van der Waals surface area contributed by atoms with Crippen molar-refractivity contribution < 1.29 is 27.6 Å². The molecule has 0 aliphatic carbocycles. The molecule has 0 bridgehead atoms. The van der Waals surface area contributed by atoms with E-state index in [1.54, 1.807) is 45.0 Å². The molecule has 2 aromatic carbocycles. The number of alkyl halides is 3. The summed E-state index contributed by atoms with van der Waals surface area (Å²) in [5.74, 6) is -1.63. The molecule has 0 fully saturated rings. The highest BCUT2D eigenvalue weighted by Crippen LogP contribution is 2.34. The van der Waals surface area contributed by atoms with E-state index >= 15 is 0 Å². The highest BCUT2D eigenvalue weighted by atomic mass is 19.4. The van der Waals surface area contributed by atoms with Gasteiger partial charge < -0.3 is 19.8 Å². The number of hydrogen-bond donors (Lipinski definition) is 2. The van der Waals surface area contributed by atoms with Gasteiger partial charge in [0.1, 0.15) is 0 Å². The number of nitrogens with zero attached hydrogens (tertiary/aromatic N) is 2. The van der Waals surface area contributed by atoms with E-state index in [1.807, 2.05) is 0 Å². The van der Waals surface area contributed by atoms with Gasteiger partial charge in [-0.25, -0.2) is 4.79 Å². The van der Waals surface area contributed by atoms with Crippen molar-refractivity contribution in [2.75, 3.05) is 23.3 Å². The van der Waals surface area contributed by atoms with Crippen LogP contribution in [0.15, 0.2) is 51.8 Å². The van der Waals surface area contributed by atoms with Crippen LogP contribution in [-0.4, -0.2) is 41.0 Å². The summed E-state index contributed by atoms with van der Waals surface area (Å²) in [4.78, 5) is 25.8. The Labute approximate surface area is 181 Å². The summed E-state index contributed by atoms with van der Waals surface area (Å²) in [5, 5.41) is 16.8. The van der Waals surface area contributed by atoms with Crippen LogP contribution in [0.25, 0.3) is 10.8 Å². The molecule has 0 spiro atoms. The first kappa shape index (κ1) is 23.3. The summed E-state index contributed by atoms with van der Waals surface area (Å²) in [5.41, 5.74) is -2.94. The molecule has 0 aliphatic heterocycles. The molecule has 10 heteroatoms. The molecule has 170 valence electrons. The van der Waals surface area contributed by atoms with Crippen LogP contribution in [0.2, 0.25) is 0 Å². The molecular formula is C22H22F3N3O4. The van der Waals surface area contributed by atoms with Crippen LogP contribution in [0.3, 0.4) is 0 Å². The second-order valence-corrected chi connectivity index (χ2v) is 7.43. The van der Waals surface area contributed by atoms with Gasteiger partial charge in [0.05, 0.1) is 17.6 Å². The van der Waals surface area contributed by atoms with Crippen LogP contribution in [0.4, 0.5) is 24.5 Å². The third-order valence-corrected chi connectivity index (χ3v) is 5.25. The number of likely N-dealkylation sites (N-methyl/N-ethyl adjacent to an activating group) is 1. The highest BCUT2D eigenvalue weighted by molar-refractivity contribution is 6.00. The maximum absolute atomic E-state index is 13.9. The zero-order valence-corrected chi connectivity index (χ0v) is 17.7. The van der Waals surface area contributed by atoms with Crippen molar-refractivity contribution in [2.24, 2.45) is 0 Å². The Balaban J connectivity index is 1.96. The Hall–Kier alpha value is -3.40. The number of aromatic nitrogens is 1. The lowest BCUT2D eigenvalue weighted by atomic mass is 9.99. The first-order valence-corrected chi connectivity index (χ1v) is 9.79. The number of rotatable bonds is 6. The number of para-hydroxylation sites is 1. The Kier molecular flexibility index (Phi) is 6.27. The molecule has 32 heavy (non-hydrogen) atoms. The lowest BCUT2D eigenvalue weighted by Crippen LogP contribution is -2.61. The fourth-order valence-electron chi connectivity index (χ4n) is 3.39. The Bertz CT molecular complexity index is 1210. The highest BCUT2D eigenvalue weighted by Gasteiger charge is 2.60. The number of aryl methyl sites for hydroxylation is 2. The van der Waals surface area contributed by atoms with E-state index in [-0.39, 0.29) is 17.6 Å². The molecule has 1 unspecified atom stereocenters. The average Bonchev–Trinajstić information content (AvgIpc) is 2.74. The predicted molar refractivity (Wildman–Crippen MR) is 114 cm³/mol. The summed E-state index contributed by atoms with van der Waals surface area (Å²) in [6, 6.07) is 10.6. The lowest BCUT2D eigenvalue weighted by molar-refractivity contribution is -0.245. The van der Waals surface area contributed by atoms with Crippen molar-refractivity contribution in [3.05, 3.63) is 64.1 Å². The number of nitrogens with one attached hydrogen (secondary N) is 1. The number of aliphatic hydroxyl groups is 1. The van der Waals surface area contributed by atoms with Crippen molar-refractivity contribution >= 4 is 28.1 Å². The van der Waals surface area contributed by atoms with Gasteiger partial charge in [-0.3, -0.25) is 4.79 Å². The summed E-state index contributed by atoms with van der Waals surface area (Å²) >= 11 is 0. The number of halogens is 3. The summed E-state index contributed by atoms with van der Waals surface area (Å²) in [6.45, 7) is 4.04. The fraction of sp³-hybridized carbons (Fsp3) is 0.318. The molecular weight excluding hydrogens is 427 g/mol. The van der Waals surface area contributed by atoms with Gasteiger partial charge in [-0.05, 0) is 50.6 Å². The molecule has 0 radical (unpaired) electrons. The molecule has 2 N–H and O–H groups in total. The summed E-state index contributed by atoms with van der Waals surface area (Å²) in [7, 11) is 0. The number of fused-ring (bicyclic) bond motifs is 1. The molecule has 0 saturated carbocycles. The summed E-state index contributed by atoms with van der Waals surface area (Å²) < 4.78 is 46.4. The zero-order valence-electron chi connectivity index (χ0n) is 17.7. The van der Waals surface area contributed by atoms with Gasteiger partial charge in [0, 0.05) is 23.3 Å². The quantitative estimate of drug-likeness (QED) is 0.598. The van der Waals surface area contributed by atoms with Crippen LogP contribution in [0.5, 0.6) is 0 Å². The van der Waals surface area contributed by atoms with Crippen molar-refractivity contribution in [2.45, 2.75) is 32.5 Å². The van der Waals surface area contributed by atoms with E-state index in [2.05, 4.69) is 15.0 Å². The van der Waals surface area contributed by atoms with Gasteiger partial charge in [-0.15, -0.1) is 0 Å². The van der Waals surface area contributed by atoms with Crippen LogP contribution in [-0.2, 0) is 4.79 Å². The van der Waals surface area contributed by atoms with Crippen LogP contribution in [0, 0.1) is 13.8 Å². The van der Waals surface area contributed by atoms with Gasteiger partial charge in [-0.1, -0.05) is 23.4 Å². The number of hydrogen-bond acceptors (Lipinski definition) is 6. The van der Waals surface area contributed by atoms with Crippen molar-refractivity contribution in [3.63, 3.8) is 0 Å². The topological polar surface area (TPSA) is 95.7 Å². The molecule has 1 amide bonds. The Morgan fingerprint density at radius 2 is 1.84 bits per heavy atom. The first-order valence-electron chi connectivity index (χ1n) is 9.79. The third kappa shape index (κ3) is 4.31. The SMILES string of the molecule is CCN(CC(O)(C(=O)Nc1ccc2c(=O)onc(C)c2c1)C(F)(F)F)c1ccccc1C. The van der Waals surface area contributed by atoms with Crippen molar-refractivity contribution in [1.82, 2.24) is 5.16 Å². The van der Waals surface area contributed by atoms with Crippen molar-refractivity contribution in [1.29, 1.82) is 0 Å². The smallest absolute Gasteiger partial charge is 0.371 e. The van der Waals surface area contributed by atoms with E-state index in [1.165, 1.54) is 23.1 Å². The van der Waals surface area contributed by atoms with Gasteiger partial charge in [0.25, 0.3) is 11.5 Å². The largest absolute Gasteiger partial charge is 0.428 e. The molecule has 3 aromatic rings. The predicted octanol–water partition coefficient (Wildman–Crippen LogP) is 3.56. The maximum atomic E-state index is 13.9. The molecule has 1 heterocycles. The second kappa shape index (κ2) is 8.62. The minimum Gasteiger partial charge on any atom is -0.371 e. The molecule has 3 rings (SSSR count). The van der Waals surface area contributed by atoms with Gasteiger partial charge in [0.2, 0.25) is 0 Å². The number of carbonyl (C=O) groups excluding carboxylic acids is 1. The van der Waals surface area contributed by atoms with Crippen LogP contribution in [0.1, 0.15) is 18.2 Å². The summed E-state index contributed by atoms with van der Waals surface area (Å²) in [6.07, 6.45) is -5.25. The standard InChI is InChI=1S/C22H22F3N3O4/c1-4-28(18-8-6-5-7-13(18)2)12-21(31,22(23,24)25)20(30)26-15-9-10-16-17(11-15)14(3)27-32-19(16)29/h5-11,31H,4,12H2,1-3H3,(H,26,30). The lowest BCUT2D eigenvalue weighted by Gasteiger charge is -2.35. The first-order chi connectivity index (χ1) is 15.0. The number of anilines is 2. The monoisotopic (exact) mass is 449 g/mol. The number of benzene rings is 2. The van der Waals surface area contributed by atoms with E-state index in [4.69, 9.17) is 0 Å². The number of carbonyl (C=O) groups is 1. The van der Waals surface area contributed by atoms with Gasteiger partial charge in [0.15, 0.2) is 0 Å². The van der Waals surface area contributed by atoms with Gasteiger partial charge >= 0.3 is 11.8 Å². The third-order valence-electron chi connectivity index (χ3n) is 5.25. The molecule has 0 saturated heterocycles. The van der Waals surface area contributed by atoms with Crippen LogP contribution >= 0.6 is 0 Å². The van der Waals surface area contributed by atoms with Crippen molar-refractivity contribution in [3.8, 4) is 0 Å². The van der Waals surface area contributed by atoms with Gasteiger partial charge in [-0.2, -0.15) is 13.2 Å².